The van der Waals surface area contributed by atoms with Crippen LogP contribution in [0.5, 0.6) is 5.75 Å². The van der Waals surface area contributed by atoms with Crippen molar-refractivity contribution in [3.8, 4) is 11.4 Å². The second-order valence-electron chi connectivity index (χ2n) is 6.03. The number of amides is 1. The van der Waals surface area contributed by atoms with Gasteiger partial charge < -0.3 is 10.1 Å². The highest BCUT2D eigenvalue weighted by molar-refractivity contribution is 7.09. The van der Waals surface area contributed by atoms with Crippen molar-refractivity contribution in [2.45, 2.75) is 13.1 Å². The molecule has 1 N–H and O–H groups in total. The Morgan fingerprint density at radius 3 is 2.79 bits per heavy atom. The van der Waals surface area contributed by atoms with Crippen LogP contribution >= 0.6 is 11.3 Å². The van der Waals surface area contributed by atoms with Crippen LogP contribution in [-0.4, -0.2) is 32.3 Å². The summed E-state index contributed by atoms with van der Waals surface area (Å²) >= 11 is 1.56. The summed E-state index contributed by atoms with van der Waals surface area (Å²) in [5.74, 6) is 0.475. The van der Waals surface area contributed by atoms with Crippen LogP contribution in [-0.2, 0) is 17.9 Å². The van der Waals surface area contributed by atoms with Crippen molar-refractivity contribution in [3.05, 3.63) is 69.5 Å². The highest BCUT2D eigenvalue weighted by Gasteiger charge is 2.13. The van der Waals surface area contributed by atoms with E-state index in [4.69, 9.17) is 4.74 Å². The summed E-state index contributed by atoms with van der Waals surface area (Å²) in [4.78, 5) is 30.3. The number of ether oxygens (including phenoxy) is 1. The number of rotatable bonds is 6. The van der Waals surface area contributed by atoms with Gasteiger partial charge in [0.15, 0.2) is 5.65 Å². The van der Waals surface area contributed by atoms with Gasteiger partial charge in [-0.05, 0) is 35.7 Å². The molecule has 0 atom stereocenters. The van der Waals surface area contributed by atoms with E-state index in [1.54, 1.807) is 23.1 Å². The second kappa shape index (κ2) is 7.65. The predicted octanol–water partition coefficient (Wildman–Crippen LogP) is 1.97. The third kappa shape index (κ3) is 3.52. The molecule has 1 aromatic carbocycles. The highest BCUT2D eigenvalue weighted by atomic mass is 32.1. The number of thiophene rings is 1. The number of fused-ring (bicyclic) bond motifs is 1. The van der Waals surface area contributed by atoms with Crippen molar-refractivity contribution in [1.29, 1.82) is 0 Å². The van der Waals surface area contributed by atoms with Crippen LogP contribution in [0.1, 0.15) is 4.88 Å². The SMILES string of the molecule is COc1ccc(-n2ncc3c(=O)n(CC(=O)NCc4cccs4)cnc32)cc1. The fraction of sp³-hybridized carbons (Fsp3) is 0.158. The summed E-state index contributed by atoms with van der Waals surface area (Å²) in [6.07, 6.45) is 2.84. The van der Waals surface area contributed by atoms with Gasteiger partial charge in [0.1, 0.15) is 24.0 Å². The van der Waals surface area contributed by atoms with Gasteiger partial charge in [0.2, 0.25) is 5.91 Å². The van der Waals surface area contributed by atoms with Crippen molar-refractivity contribution in [2.24, 2.45) is 0 Å². The van der Waals surface area contributed by atoms with Gasteiger partial charge in [0, 0.05) is 4.88 Å². The average molecular weight is 395 g/mol. The zero-order chi connectivity index (χ0) is 19.5. The molecule has 0 radical (unpaired) electrons. The summed E-state index contributed by atoms with van der Waals surface area (Å²) in [7, 11) is 1.60. The van der Waals surface area contributed by atoms with Crippen molar-refractivity contribution in [3.63, 3.8) is 0 Å². The molecule has 0 spiro atoms. The number of carbonyl (C=O) groups is 1. The Balaban J connectivity index is 1.55. The first-order valence-corrected chi connectivity index (χ1v) is 9.40. The molecule has 0 bridgehead atoms. The molecule has 3 heterocycles. The maximum Gasteiger partial charge on any atom is 0.264 e. The van der Waals surface area contributed by atoms with E-state index in [9.17, 15) is 9.59 Å². The maximum absolute atomic E-state index is 12.7. The third-order valence-corrected chi connectivity index (χ3v) is 5.10. The van der Waals surface area contributed by atoms with E-state index in [0.29, 0.717) is 17.6 Å². The zero-order valence-corrected chi connectivity index (χ0v) is 15.8. The van der Waals surface area contributed by atoms with E-state index in [1.807, 2.05) is 41.8 Å². The fourth-order valence-electron chi connectivity index (χ4n) is 2.78. The summed E-state index contributed by atoms with van der Waals surface area (Å²) in [5.41, 5.74) is 0.885. The van der Waals surface area contributed by atoms with E-state index in [1.165, 1.54) is 17.1 Å². The lowest BCUT2D eigenvalue weighted by Gasteiger charge is -2.07. The van der Waals surface area contributed by atoms with Gasteiger partial charge in [0.05, 0.1) is 25.5 Å². The lowest BCUT2D eigenvalue weighted by atomic mass is 10.3. The van der Waals surface area contributed by atoms with E-state index < -0.39 is 0 Å². The summed E-state index contributed by atoms with van der Waals surface area (Å²) in [5, 5.41) is 9.38. The fourth-order valence-corrected chi connectivity index (χ4v) is 3.43. The molecule has 1 amide bonds. The van der Waals surface area contributed by atoms with Crippen molar-refractivity contribution in [2.75, 3.05) is 7.11 Å². The molecule has 0 fully saturated rings. The summed E-state index contributed by atoms with van der Waals surface area (Å²) in [6.45, 7) is 0.344. The minimum atomic E-state index is -0.309. The molecule has 0 saturated carbocycles. The average Bonchev–Trinajstić information content (AvgIpc) is 3.39. The van der Waals surface area contributed by atoms with Gasteiger partial charge in [-0.2, -0.15) is 5.10 Å². The van der Waals surface area contributed by atoms with Crippen LogP contribution in [0.15, 0.2) is 59.1 Å². The quantitative estimate of drug-likeness (QED) is 0.539. The van der Waals surface area contributed by atoms with Crippen LogP contribution in [0.3, 0.4) is 0 Å². The minimum Gasteiger partial charge on any atom is -0.497 e. The Hall–Kier alpha value is -3.46. The first kappa shape index (κ1) is 17.9. The van der Waals surface area contributed by atoms with Gasteiger partial charge in [0.25, 0.3) is 5.56 Å². The standard InChI is InChI=1S/C19H17N5O3S/c1-27-14-6-4-13(5-7-14)24-18-16(10-22-24)19(26)23(12-21-18)11-17(25)20-9-15-3-2-8-28-15/h2-8,10,12H,9,11H2,1H3,(H,20,25). The maximum atomic E-state index is 12.7. The molecular formula is C19H17N5O3S. The molecule has 142 valence electrons. The van der Waals surface area contributed by atoms with Gasteiger partial charge >= 0.3 is 0 Å². The van der Waals surface area contributed by atoms with E-state index >= 15 is 0 Å². The molecule has 0 aliphatic carbocycles. The van der Waals surface area contributed by atoms with Gasteiger partial charge in [-0.25, -0.2) is 9.67 Å². The Morgan fingerprint density at radius 1 is 1.25 bits per heavy atom. The molecule has 0 saturated heterocycles. The van der Waals surface area contributed by atoms with E-state index in [2.05, 4.69) is 15.4 Å². The third-order valence-electron chi connectivity index (χ3n) is 4.23. The number of methoxy groups -OCH3 is 1. The molecule has 3 aromatic heterocycles. The highest BCUT2D eigenvalue weighted by Crippen LogP contribution is 2.17. The number of benzene rings is 1. The number of carbonyl (C=O) groups excluding carboxylic acids is 1. The van der Waals surface area contributed by atoms with Crippen LogP contribution in [0.25, 0.3) is 16.7 Å². The number of hydrogen-bond donors (Lipinski definition) is 1. The zero-order valence-electron chi connectivity index (χ0n) is 15.0. The largest absolute Gasteiger partial charge is 0.497 e. The molecular weight excluding hydrogens is 378 g/mol. The van der Waals surface area contributed by atoms with Gasteiger partial charge in [-0.3, -0.25) is 14.2 Å². The number of nitrogens with zero attached hydrogens (tertiary/aromatic N) is 4. The van der Waals surface area contributed by atoms with Crippen LogP contribution in [0.2, 0.25) is 0 Å². The molecule has 0 aliphatic heterocycles. The summed E-state index contributed by atoms with van der Waals surface area (Å²) in [6, 6.07) is 11.1. The molecule has 8 nitrogen and oxygen atoms in total. The van der Waals surface area contributed by atoms with Crippen LogP contribution in [0, 0.1) is 0 Å². The molecule has 4 rings (SSSR count). The van der Waals surface area contributed by atoms with Crippen molar-refractivity contribution >= 4 is 28.3 Å². The first-order chi connectivity index (χ1) is 13.7. The predicted molar refractivity (Wildman–Crippen MR) is 106 cm³/mol. The Morgan fingerprint density at radius 2 is 2.07 bits per heavy atom. The van der Waals surface area contributed by atoms with E-state index in [0.717, 1.165) is 16.3 Å². The smallest absolute Gasteiger partial charge is 0.264 e. The first-order valence-electron chi connectivity index (χ1n) is 8.52. The van der Waals surface area contributed by atoms with Crippen LogP contribution in [0.4, 0.5) is 0 Å². The van der Waals surface area contributed by atoms with Crippen LogP contribution < -0.4 is 15.6 Å². The summed E-state index contributed by atoms with van der Waals surface area (Å²) < 4.78 is 8.02. The second-order valence-corrected chi connectivity index (χ2v) is 7.06. The minimum absolute atomic E-state index is 0.0964. The van der Waals surface area contributed by atoms with Gasteiger partial charge in [-0.15, -0.1) is 11.3 Å². The molecule has 0 aliphatic rings. The Bertz CT molecular complexity index is 1160. The molecule has 0 unspecified atom stereocenters. The topological polar surface area (TPSA) is 91.0 Å². The normalized spacial score (nSPS) is 10.9. The number of aromatic nitrogens is 4. The molecule has 9 heteroatoms. The Kier molecular flexibility index (Phi) is 4.90. The number of hydrogen-bond acceptors (Lipinski definition) is 6. The van der Waals surface area contributed by atoms with Crippen molar-refractivity contribution < 1.29 is 9.53 Å². The van der Waals surface area contributed by atoms with E-state index in [-0.39, 0.29) is 18.0 Å². The molecule has 28 heavy (non-hydrogen) atoms. The Labute approximate surface area is 164 Å². The monoisotopic (exact) mass is 395 g/mol. The number of nitrogens with one attached hydrogen (secondary N) is 1. The lowest BCUT2D eigenvalue weighted by Crippen LogP contribution is -2.32. The lowest BCUT2D eigenvalue weighted by molar-refractivity contribution is -0.121. The van der Waals surface area contributed by atoms with Crippen molar-refractivity contribution in [1.82, 2.24) is 24.6 Å². The molecule has 4 aromatic rings. The van der Waals surface area contributed by atoms with Gasteiger partial charge in [-0.1, -0.05) is 6.07 Å².